The molecule has 192 valence electrons. The number of Topliss-reactive ketones (excluding diaryl/α,β-unsaturated/α-hetero) is 1. The van der Waals surface area contributed by atoms with E-state index in [1.807, 2.05) is 33.9 Å². The number of ketones is 1. The number of aryl methyl sites for hydroxylation is 1. The number of nitrogens with zero attached hydrogens (tertiary/aromatic N) is 5. The van der Waals surface area contributed by atoms with Crippen LogP contribution in [0.25, 0.3) is 27.8 Å². The second-order valence-electron chi connectivity index (χ2n) is 10.6. The molecule has 6 rings (SSSR count). The summed E-state index contributed by atoms with van der Waals surface area (Å²) in [6.07, 6.45) is 8.04. The van der Waals surface area contributed by atoms with Gasteiger partial charge in [0.15, 0.2) is 5.78 Å². The van der Waals surface area contributed by atoms with Crippen LogP contribution >= 0.6 is 0 Å². The molecule has 2 aliphatic rings. The highest BCUT2D eigenvalue weighted by Gasteiger charge is 2.30. The monoisotopic (exact) mass is 499 g/mol. The fourth-order valence-electron chi connectivity index (χ4n) is 5.73. The molecule has 0 unspecified atom stereocenters. The van der Waals surface area contributed by atoms with E-state index < -0.39 is 0 Å². The first kappa shape index (κ1) is 23.9. The average molecular weight is 500 g/mol. The van der Waals surface area contributed by atoms with E-state index in [4.69, 9.17) is 14.8 Å². The summed E-state index contributed by atoms with van der Waals surface area (Å²) in [5, 5.41) is 6.15. The molecule has 0 atom stereocenters. The van der Waals surface area contributed by atoms with Crippen molar-refractivity contribution in [1.82, 2.24) is 24.1 Å². The lowest BCUT2D eigenvalue weighted by molar-refractivity contribution is -0.136. The van der Waals surface area contributed by atoms with E-state index in [1.165, 1.54) is 23.7 Å². The predicted octanol–water partition coefficient (Wildman–Crippen LogP) is 4.62. The number of hydrogen-bond donors (Lipinski definition) is 0. The average Bonchev–Trinajstić information content (AvgIpc) is 3.57. The topological polar surface area (TPSA) is 81.7 Å². The number of rotatable bonds is 7. The van der Waals surface area contributed by atoms with E-state index in [-0.39, 0.29) is 18.3 Å². The number of amides is 1. The van der Waals surface area contributed by atoms with Crippen LogP contribution in [0.3, 0.4) is 0 Å². The van der Waals surface area contributed by atoms with Gasteiger partial charge in [0.25, 0.3) is 0 Å². The van der Waals surface area contributed by atoms with Crippen LogP contribution in [0, 0.1) is 12.8 Å². The number of hydrogen-bond acceptors (Lipinski definition) is 5. The number of fused-ring (bicyclic) bond motifs is 2. The smallest absolute Gasteiger partial charge is 0.248 e. The lowest BCUT2D eigenvalue weighted by Crippen LogP contribution is -2.40. The van der Waals surface area contributed by atoms with Crippen molar-refractivity contribution in [3.63, 3.8) is 0 Å². The zero-order chi connectivity index (χ0) is 25.7. The highest BCUT2D eigenvalue weighted by molar-refractivity contribution is 5.94. The SMILES string of the molecule is COCC(=O)N1CCC(c2nccc3cc(-c4nn5cc(C(C)=O)ccc5c4C)n(CC4CC4)c23)CC1. The van der Waals surface area contributed by atoms with Crippen molar-refractivity contribution in [2.24, 2.45) is 5.92 Å². The maximum absolute atomic E-state index is 12.3. The lowest BCUT2D eigenvalue weighted by Gasteiger charge is -2.32. The van der Waals surface area contributed by atoms with Crippen LogP contribution in [-0.2, 0) is 16.1 Å². The summed E-state index contributed by atoms with van der Waals surface area (Å²) in [6.45, 7) is 6.23. The van der Waals surface area contributed by atoms with Crippen LogP contribution in [-0.4, -0.2) is 62.6 Å². The van der Waals surface area contributed by atoms with Crippen LogP contribution in [0.1, 0.15) is 60.1 Å². The number of carbonyl (C=O) groups excluding carboxylic acids is 2. The Morgan fingerprint density at radius 1 is 1.11 bits per heavy atom. The van der Waals surface area contributed by atoms with Crippen molar-refractivity contribution in [1.29, 1.82) is 0 Å². The van der Waals surface area contributed by atoms with Crippen molar-refractivity contribution >= 4 is 28.1 Å². The van der Waals surface area contributed by atoms with Gasteiger partial charge in [-0.2, -0.15) is 5.10 Å². The molecule has 2 fully saturated rings. The molecule has 5 heterocycles. The fraction of sp³-hybridized carbons (Fsp3) is 0.448. The number of carbonyl (C=O) groups is 2. The molecule has 1 aliphatic heterocycles. The summed E-state index contributed by atoms with van der Waals surface area (Å²) in [5.74, 6) is 1.07. The summed E-state index contributed by atoms with van der Waals surface area (Å²) in [5.41, 5.74) is 7.15. The number of likely N-dealkylation sites (tertiary alicyclic amines) is 1. The Bertz CT molecular complexity index is 1510. The zero-order valence-electron chi connectivity index (χ0n) is 21.7. The molecule has 1 saturated carbocycles. The van der Waals surface area contributed by atoms with Gasteiger partial charge in [0, 0.05) is 61.6 Å². The molecule has 4 aromatic heterocycles. The molecule has 0 radical (unpaired) electrons. The quantitative estimate of drug-likeness (QED) is 0.347. The Morgan fingerprint density at radius 3 is 2.59 bits per heavy atom. The predicted molar refractivity (Wildman–Crippen MR) is 142 cm³/mol. The molecule has 37 heavy (non-hydrogen) atoms. The first-order valence-corrected chi connectivity index (χ1v) is 13.2. The number of methoxy groups -OCH3 is 1. The van der Waals surface area contributed by atoms with Gasteiger partial charge in [0.1, 0.15) is 12.3 Å². The van der Waals surface area contributed by atoms with Crippen molar-refractivity contribution < 1.29 is 14.3 Å². The maximum Gasteiger partial charge on any atom is 0.248 e. The van der Waals surface area contributed by atoms with Crippen LogP contribution in [0.2, 0.25) is 0 Å². The minimum absolute atomic E-state index is 0.0325. The minimum atomic E-state index is 0.0325. The standard InChI is InChI=1S/C29H33N5O3/c1-18-24-7-6-23(19(2)35)16-34(24)31-27(18)25-14-22-8-11-30-28(29(22)33(25)15-20-4-5-20)21-9-12-32(13-10-21)26(36)17-37-3/h6-8,11,14,16,20-21H,4-5,9-10,12-13,15,17H2,1-3H3. The molecule has 1 amide bonds. The van der Waals surface area contributed by atoms with Crippen molar-refractivity contribution in [3.05, 3.63) is 53.5 Å². The highest BCUT2D eigenvalue weighted by Crippen LogP contribution is 2.40. The molecule has 8 nitrogen and oxygen atoms in total. The molecule has 0 spiro atoms. The van der Waals surface area contributed by atoms with Crippen LogP contribution in [0.15, 0.2) is 36.7 Å². The molecule has 0 bridgehead atoms. The summed E-state index contributed by atoms with van der Waals surface area (Å²) < 4.78 is 9.33. The second kappa shape index (κ2) is 9.41. The van der Waals surface area contributed by atoms with Crippen LogP contribution in [0.5, 0.6) is 0 Å². The van der Waals surface area contributed by atoms with Gasteiger partial charge in [-0.1, -0.05) is 0 Å². The van der Waals surface area contributed by atoms with Gasteiger partial charge in [-0.15, -0.1) is 0 Å². The second-order valence-corrected chi connectivity index (χ2v) is 10.6. The van der Waals surface area contributed by atoms with Gasteiger partial charge in [-0.05, 0) is 69.7 Å². The molecular formula is C29H33N5O3. The van der Waals surface area contributed by atoms with Gasteiger partial charge in [0.2, 0.25) is 5.91 Å². The summed E-state index contributed by atoms with van der Waals surface area (Å²) in [4.78, 5) is 31.1. The largest absolute Gasteiger partial charge is 0.375 e. The summed E-state index contributed by atoms with van der Waals surface area (Å²) >= 11 is 0. The Balaban J connectivity index is 1.42. The number of pyridine rings is 2. The molecule has 0 aromatic carbocycles. The molecule has 4 aromatic rings. The van der Waals surface area contributed by atoms with E-state index >= 15 is 0 Å². The third kappa shape index (κ3) is 4.33. The Morgan fingerprint density at radius 2 is 1.89 bits per heavy atom. The van der Waals surface area contributed by atoms with Gasteiger partial charge >= 0.3 is 0 Å². The molecule has 8 heteroatoms. The Hall–Kier alpha value is -3.52. The van der Waals surface area contributed by atoms with Crippen molar-refractivity contribution in [2.45, 2.75) is 52.0 Å². The molecule has 1 saturated heterocycles. The number of aromatic nitrogens is 4. The minimum Gasteiger partial charge on any atom is -0.375 e. The first-order valence-electron chi connectivity index (χ1n) is 13.2. The number of ether oxygens (including phenoxy) is 1. The lowest BCUT2D eigenvalue weighted by atomic mass is 9.92. The Labute approximate surface area is 216 Å². The summed E-state index contributed by atoms with van der Waals surface area (Å²) in [7, 11) is 1.56. The molecule has 1 aliphatic carbocycles. The van der Waals surface area contributed by atoms with Gasteiger partial charge < -0.3 is 14.2 Å². The third-order valence-corrected chi connectivity index (χ3v) is 8.00. The van der Waals surface area contributed by atoms with E-state index in [1.54, 1.807) is 14.0 Å². The molecular weight excluding hydrogens is 466 g/mol. The van der Waals surface area contributed by atoms with Crippen LogP contribution < -0.4 is 0 Å². The molecule has 0 N–H and O–H groups in total. The van der Waals surface area contributed by atoms with E-state index in [0.29, 0.717) is 17.4 Å². The third-order valence-electron chi connectivity index (χ3n) is 8.00. The maximum atomic E-state index is 12.3. The normalized spacial score (nSPS) is 16.7. The van der Waals surface area contributed by atoms with Gasteiger partial charge in [0.05, 0.1) is 22.4 Å². The van der Waals surface area contributed by atoms with Gasteiger partial charge in [-0.3, -0.25) is 14.6 Å². The zero-order valence-corrected chi connectivity index (χ0v) is 21.7. The van der Waals surface area contributed by atoms with E-state index in [0.717, 1.165) is 60.6 Å². The highest BCUT2D eigenvalue weighted by atomic mass is 16.5. The van der Waals surface area contributed by atoms with E-state index in [9.17, 15) is 9.59 Å². The Kier molecular flexibility index (Phi) is 6.07. The van der Waals surface area contributed by atoms with Crippen LogP contribution in [0.4, 0.5) is 0 Å². The first-order chi connectivity index (χ1) is 17.9. The number of piperidine rings is 1. The van der Waals surface area contributed by atoms with E-state index in [2.05, 4.69) is 23.6 Å². The summed E-state index contributed by atoms with van der Waals surface area (Å²) in [6, 6.07) is 8.21. The van der Waals surface area contributed by atoms with Crippen molar-refractivity contribution in [3.8, 4) is 11.4 Å². The van der Waals surface area contributed by atoms with Crippen molar-refractivity contribution in [2.75, 3.05) is 26.8 Å². The fourth-order valence-corrected chi connectivity index (χ4v) is 5.73. The van der Waals surface area contributed by atoms with Gasteiger partial charge in [-0.25, -0.2) is 4.52 Å².